The third-order valence-corrected chi connectivity index (χ3v) is 11.7. The van der Waals surface area contributed by atoms with Gasteiger partial charge in [0.25, 0.3) is 0 Å². The third-order valence-electron chi connectivity index (χ3n) is 11.7. The molecule has 12 rings (SSSR count). The molecule has 1 atom stereocenters. The van der Waals surface area contributed by atoms with Crippen LogP contribution in [0.15, 0.2) is 172 Å². The fraction of sp³-hybridized carbons (Fsp3) is 0.0600. The van der Waals surface area contributed by atoms with Crippen LogP contribution in [0, 0.1) is 0 Å². The highest BCUT2D eigenvalue weighted by atomic mass is 16.3. The summed E-state index contributed by atoms with van der Waals surface area (Å²) in [5, 5.41) is 5.12. The van der Waals surface area contributed by atoms with Gasteiger partial charge in [-0.05, 0) is 76.3 Å². The Bertz CT molecular complexity index is 3580. The summed E-state index contributed by atoms with van der Waals surface area (Å²) in [5.74, 6) is 0.814. The summed E-state index contributed by atoms with van der Waals surface area (Å²) in [4.78, 5) is 23.8. The number of benzene rings is 4. The molecule has 0 bridgehead atoms. The van der Waals surface area contributed by atoms with E-state index in [1.165, 1.54) is 0 Å². The van der Waals surface area contributed by atoms with Gasteiger partial charge in [-0.25, -0.2) is 15.0 Å². The highest BCUT2D eigenvalue weighted by molar-refractivity contribution is 6.11. The maximum atomic E-state index is 6.35. The summed E-state index contributed by atoms with van der Waals surface area (Å²) in [6.45, 7) is 2.76. The van der Waals surface area contributed by atoms with Crippen molar-refractivity contribution < 1.29 is 8.83 Å². The molecule has 0 spiro atoms. The van der Waals surface area contributed by atoms with Crippen LogP contribution in [0.3, 0.4) is 0 Å². The maximum Gasteiger partial charge on any atom is 0.227 e. The molecule has 11 aromatic rings. The summed E-state index contributed by atoms with van der Waals surface area (Å²) in [7, 11) is 0. The SMILES string of the molecule is CC1(c2cccc(-c3cncc4c3oc3ncccc34)c2)C=c2c(oc3ccc(-n4c5ccccc5c5cc(-c6ccccc6-c6cccnc6)ccc54)nc23)=NC1. The van der Waals surface area contributed by atoms with Gasteiger partial charge in [-0.15, -0.1) is 0 Å². The Balaban J connectivity index is 0.979. The van der Waals surface area contributed by atoms with Crippen LogP contribution >= 0.6 is 0 Å². The van der Waals surface area contributed by atoms with Crippen molar-refractivity contribution in [1.82, 2.24) is 24.5 Å². The van der Waals surface area contributed by atoms with Crippen molar-refractivity contribution in [2.24, 2.45) is 4.99 Å². The highest BCUT2D eigenvalue weighted by Gasteiger charge is 2.29. The molecule has 0 N–H and O–H groups in total. The van der Waals surface area contributed by atoms with Crippen molar-refractivity contribution in [3.8, 4) is 39.2 Å². The molecule has 274 valence electrons. The van der Waals surface area contributed by atoms with E-state index in [0.717, 1.165) is 93.7 Å². The van der Waals surface area contributed by atoms with Crippen LogP contribution < -0.4 is 10.8 Å². The third kappa shape index (κ3) is 4.91. The van der Waals surface area contributed by atoms with Crippen LogP contribution in [0.2, 0.25) is 0 Å². The fourth-order valence-electron chi connectivity index (χ4n) is 8.79. The number of nitrogens with zero attached hydrogens (tertiary/aromatic N) is 6. The number of fused-ring (bicyclic) bond motifs is 9. The first-order valence-corrected chi connectivity index (χ1v) is 19.3. The molecule has 1 aliphatic heterocycles. The number of aromatic nitrogens is 5. The lowest BCUT2D eigenvalue weighted by atomic mass is 9.80. The molecule has 1 unspecified atom stereocenters. The molecule has 0 saturated heterocycles. The van der Waals surface area contributed by atoms with Crippen LogP contribution in [0.5, 0.6) is 0 Å². The molecule has 1 aliphatic rings. The Morgan fingerprint density at radius 1 is 0.603 bits per heavy atom. The van der Waals surface area contributed by atoms with Gasteiger partial charge in [-0.3, -0.25) is 14.5 Å². The molecule has 0 fully saturated rings. The van der Waals surface area contributed by atoms with Gasteiger partial charge in [0.15, 0.2) is 5.58 Å². The van der Waals surface area contributed by atoms with Crippen LogP contribution in [0.25, 0.3) is 100 Å². The largest absolute Gasteiger partial charge is 0.437 e. The van der Waals surface area contributed by atoms with E-state index in [4.69, 9.17) is 18.8 Å². The minimum atomic E-state index is -0.427. The molecule has 58 heavy (non-hydrogen) atoms. The zero-order chi connectivity index (χ0) is 38.4. The topological polar surface area (TPSA) is 95.1 Å². The molecule has 8 nitrogen and oxygen atoms in total. The van der Waals surface area contributed by atoms with Gasteiger partial charge in [0.2, 0.25) is 11.3 Å². The Hall–Kier alpha value is -7.71. The summed E-state index contributed by atoms with van der Waals surface area (Å²) in [6.07, 6.45) is 11.5. The first-order chi connectivity index (χ1) is 28.6. The molecule has 0 aliphatic carbocycles. The number of hydrogen-bond donors (Lipinski definition) is 0. The van der Waals surface area contributed by atoms with Gasteiger partial charge >= 0.3 is 0 Å². The molecule has 8 heterocycles. The van der Waals surface area contributed by atoms with Crippen molar-refractivity contribution in [2.45, 2.75) is 12.3 Å². The predicted molar refractivity (Wildman–Crippen MR) is 229 cm³/mol. The highest BCUT2D eigenvalue weighted by Crippen LogP contribution is 2.39. The second kappa shape index (κ2) is 12.4. The molecule has 8 heteroatoms. The van der Waals surface area contributed by atoms with E-state index in [9.17, 15) is 0 Å². The van der Waals surface area contributed by atoms with Crippen molar-refractivity contribution in [3.63, 3.8) is 0 Å². The smallest absolute Gasteiger partial charge is 0.227 e. The number of hydrogen-bond acceptors (Lipinski definition) is 7. The van der Waals surface area contributed by atoms with Crippen molar-refractivity contribution in [2.75, 3.05) is 6.54 Å². The predicted octanol–water partition coefficient (Wildman–Crippen LogP) is 10.4. The second-order valence-electron chi connectivity index (χ2n) is 15.2. The zero-order valence-corrected chi connectivity index (χ0v) is 31.3. The number of furan rings is 2. The van der Waals surface area contributed by atoms with E-state index >= 15 is 0 Å². The normalized spacial score (nSPS) is 15.3. The monoisotopic (exact) mass is 748 g/mol. The minimum Gasteiger partial charge on any atom is -0.437 e. The van der Waals surface area contributed by atoms with Crippen molar-refractivity contribution >= 4 is 61.1 Å². The van der Waals surface area contributed by atoms with Gasteiger partial charge in [0.1, 0.15) is 16.9 Å². The fourth-order valence-corrected chi connectivity index (χ4v) is 8.79. The van der Waals surface area contributed by atoms with Crippen LogP contribution in [-0.2, 0) is 5.41 Å². The molecular formula is C50H32N6O2. The maximum absolute atomic E-state index is 6.35. The van der Waals surface area contributed by atoms with Gasteiger partial charge in [0, 0.05) is 69.1 Å². The standard InChI is InChI=1S/C50H32N6O2/c1-50(33-11-6-9-30(23-33)40-27-52-28-41-37-15-8-22-53-48(37)58-47(40)41)25-39-46-44(57-49(39)54-29-50)19-20-45(55-46)56-42-16-5-4-14-36(42)38-24-31(17-18-43(38)56)34-12-2-3-13-35(34)32-10-7-21-51-26-32/h2-28H,29H2,1H3. The van der Waals surface area contributed by atoms with Crippen molar-refractivity contribution in [1.29, 1.82) is 0 Å². The lowest BCUT2D eigenvalue weighted by molar-refractivity contribution is 0.514. The molecule has 0 amide bonds. The van der Waals surface area contributed by atoms with E-state index < -0.39 is 5.41 Å². The Morgan fingerprint density at radius 2 is 1.41 bits per heavy atom. The van der Waals surface area contributed by atoms with Gasteiger partial charge in [-0.1, -0.05) is 91.9 Å². The summed E-state index contributed by atoms with van der Waals surface area (Å²) in [5.41, 5.74) is 12.8. The summed E-state index contributed by atoms with van der Waals surface area (Å²) in [6, 6.07) is 44.4. The molecule has 7 aromatic heterocycles. The molecule has 0 radical (unpaired) electrons. The quantitative estimate of drug-likeness (QED) is 0.174. The van der Waals surface area contributed by atoms with E-state index in [1.807, 2.05) is 55.1 Å². The van der Waals surface area contributed by atoms with Crippen molar-refractivity contribution in [3.05, 3.63) is 175 Å². The van der Waals surface area contributed by atoms with Crippen LogP contribution in [-0.4, -0.2) is 31.0 Å². The molecule has 4 aromatic carbocycles. The van der Waals surface area contributed by atoms with Gasteiger partial charge in [-0.2, -0.15) is 0 Å². The minimum absolute atomic E-state index is 0.427. The summed E-state index contributed by atoms with van der Waals surface area (Å²) < 4.78 is 14.9. The van der Waals surface area contributed by atoms with E-state index in [-0.39, 0.29) is 0 Å². The zero-order valence-electron chi connectivity index (χ0n) is 31.3. The average Bonchev–Trinajstić information content (AvgIpc) is 3.95. The van der Waals surface area contributed by atoms with E-state index in [2.05, 4.69) is 130 Å². The first-order valence-electron chi connectivity index (χ1n) is 19.3. The molecular weight excluding hydrogens is 717 g/mol. The molecule has 0 saturated carbocycles. The van der Waals surface area contributed by atoms with Crippen LogP contribution in [0.4, 0.5) is 0 Å². The number of rotatable bonds is 5. The number of pyridine rings is 4. The van der Waals surface area contributed by atoms with Gasteiger partial charge < -0.3 is 8.83 Å². The average molecular weight is 749 g/mol. The first kappa shape index (κ1) is 32.5. The Morgan fingerprint density at radius 3 is 2.33 bits per heavy atom. The summed E-state index contributed by atoms with van der Waals surface area (Å²) >= 11 is 0. The van der Waals surface area contributed by atoms with Gasteiger partial charge in [0.05, 0.1) is 22.8 Å². The van der Waals surface area contributed by atoms with E-state index in [1.54, 1.807) is 6.20 Å². The second-order valence-corrected chi connectivity index (χ2v) is 15.2. The number of para-hydroxylation sites is 1. The van der Waals surface area contributed by atoms with Crippen LogP contribution in [0.1, 0.15) is 12.5 Å². The lowest BCUT2D eigenvalue weighted by Gasteiger charge is -2.26. The van der Waals surface area contributed by atoms with E-state index in [0.29, 0.717) is 23.4 Å². The Labute approximate surface area is 331 Å². The Kier molecular flexibility index (Phi) is 6.95. The lowest BCUT2D eigenvalue weighted by Crippen LogP contribution is -2.36.